The van der Waals surface area contributed by atoms with Gasteiger partial charge in [-0.25, -0.2) is 0 Å². The van der Waals surface area contributed by atoms with Crippen LogP contribution in [0.25, 0.3) is 0 Å². The van der Waals surface area contributed by atoms with Crippen molar-refractivity contribution in [3.63, 3.8) is 0 Å². The van der Waals surface area contributed by atoms with E-state index >= 15 is 0 Å². The van der Waals surface area contributed by atoms with E-state index in [2.05, 4.69) is 15.0 Å². The van der Waals surface area contributed by atoms with Crippen molar-refractivity contribution in [2.24, 2.45) is 0 Å². The number of ether oxygens (including phenoxy) is 1. The summed E-state index contributed by atoms with van der Waals surface area (Å²) >= 11 is 5.70. The number of hydrogen-bond acceptors (Lipinski definition) is 7. The predicted molar refractivity (Wildman–Crippen MR) is 65.0 cm³/mol. The SMILES string of the molecule is CCN(CCOCCO)c1nc(N)nc(Cl)n1. The number of halogens is 1. The molecule has 0 unspecified atom stereocenters. The first-order chi connectivity index (χ1) is 8.17. The quantitative estimate of drug-likeness (QED) is 0.664. The minimum atomic E-state index is 0.0106. The van der Waals surface area contributed by atoms with Crippen LogP contribution >= 0.6 is 11.6 Å². The molecule has 0 atom stereocenters. The molecule has 1 heterocycles. The molecule has 8 heteroatoms. The predicted octanol–water partition coefficient (Wildman–Crippen LogP) is -0.0576. The van der Waals surface area contributed by atoms with E-state index in [0.29, 0.717) is 32.3 Å². The van der Waals surface area contributed by atoms with Crippen molar-refractivity contribution >= 4 is 23.5 Å². The Labute approximate surface area is 105 Å². The second kappa shape index (κ2) is 7.21. The summed E-state index contributed by atoms with van der Waals surface area (Å²) in [5.74, 6) is 0.521. The number of hydrogen-bond donors (Lipinski definition) is 2. The van der Waals surface area contributed by atoms with Crippen LogP contribution in [0.1, 0.15) is 6.92 Å². The minimum absolute atomic E-state index is 0.0106. The summed E-state index contributed by atoms with van der Waals surface area (Å²) in [4.78, 5) is 13.5. The fraction of sp³-hybridized carbons (Fsp3) is 0.667. The number of nitrogens with two attached hydrogens (primary N) is 1. The molecule has 0 aliphatic carbocycles. The minimum Gasteiger partial charge on any atom is -0.394 e. The van der Waals surface area contributed by atoms with Gasteiger partial charge in [-0.15, -0.1) is 0 Å². The molecule has 96 valence electrons. The van der Waals surface area contributed by atoms with E-state index in [1.807, 2.05) is 11.8 Å². The summed E-state index contributed by atoms with van der Waals surface area (Å²) in [6.45, 7) is 4.05. The summed E-state index contributed by atoms with van der Waals surface area (Å²) in [5.41, 5.74) is 5.49. The lowest BCUT2D eigenvalue weighted by Crippen LogP contribution is -2.29. The molecule has 0 amide bonds. The third-order valence-corrected chi connectivity index (χ3v) is 2.19. The average Bonchev–Trinajstić information content (AvgIpc) is 2.28. The topological polar surface area (TPSA) is 97.4 Å². The maximum absolute atomic E-state index is 8.57. The van der Waals surface area contributed by atoms with E-state index in [4.69, 9.17) is 27.2 Å². The summed E-state index contributed by atoms with van der Waals surface area (Å²) < 4.78 is 5.17. The maximum atomic E-state index is 8.57. The molecule has 1 rings (SSSR count). The molecule has 3 N–H and O–H groups in total. The first-order valence-corrected chi connectivity index (χ1v) is 5.65. The first kappa shape index (κ1) is 13.9. The molecule has 0 radical (unpaired) electrons. The second-order valence-corrected chi connectivity index (χ2v) is 3.52. The number of aromatic nitrogens is 3. The van der Waals surface area contributed by atoms with E-state index in [0.717, 1.165) is 0 Å². The van der Waals surface area contributed by atoms with Crippen LogP contribution in [0, 0.1) is 0 Å². The van der Waals surface area contributed by atoms with Gasteiger partial charge in [-0.2, -0.15) is 15.0 Å². The van der Waals surface area contributed by atoms with Crippen LogP contribution in [0.4, 0.5) is 11.9 Å². The Morgan fingerprint density at radius 1 is 1.35 bits per heavy atom. The molecular formula is C9H16ClN5O2. The van der Waals surface area contributed by atoms with Gasteiger partial charge in [0.05, 0.1) is 19.8 Å². The molecule has 7 nitrogen and oxygen atoms in total. The fourth-order valence-corrected chi connectivity index (χ4v) is 1.40. The van der Waals surface area contributed by atoms with Crippen molar-refractivity contribution < 1.29 is 9.84 Å². The molecule has 17 heavy (non-hydrogen) atoms. The van der Waals surface area contributed by atoms with Crippen LogP contribution in [0.5, 0.6) is 0 Å². The van der Waals surface area contributed by atoms with E-state index < -0.39 is 0 Å². The van der Waals surface area contributed by atoms with Gasteiger partial charge in [0.2, 0.25) is 17.2 Å². The number of nitrogen functional groups attached to an aromatic ring is 1. The van der Waals surface area contributed by atoms with Crippen LogP contribution in [-0.2, 0) is 4.74 Å². The Hall–Kier alpha value is -1.18. The highest BCUT2D eigenvalue weighted by atomic mass is 35.5. The lowest BCUT2D eigenvalue weighted by atomic mass is 10.5. The average molecular weight is 262 g/mol. The van der Waals surface area contributed by atoms with Gasteiger partial charge < -0.3 is 20.5 Å². The van der Waals surface area contributed by atoms with Crippen molar-refractivity contribution in [1.82, 2.24) is 15.0 Å². The molecule has 0 aliphatic heterocycles. The molecular weight excluding hydrogens is 246 g/mol. The Kier molecular flexibility index (Phi) is 5.88. The fourth-order valence-electron chi connectivity index (χ4n) is 1.24. The van der Waals surface area contributed by atoms with Crippen LogP contribution < -0.4 is 10.6 Å². The van der Waals surface area contributed by atoms with Gasteiger partial charge in [0.15, 0.2) is 0 Å². The maximum Gasteiger partial charge on any atom is 0.231 e. The smallest absolute Gasteiger partial charge is 0.231 e. The van der Waals surface area contributed by atoms with E-state index in [1.54, 1.807) is 0 Å². The number of aliphatic hydroxyl groups is 1. The van der Waals surface area contributed by atoms with Crippen LogP contribution in [0.2, 0.25) is 5.28 Å². The second-order valence-electron chi connectivity index (χ2n) is 3.18. The highest BCUT2D eigenvalue weighted by Gasteiger charge is 2.10. The van der Waals surface area contributed by atoms with Crippen molar-refractivity contribution in [3.8, 4) is 0 Å². The summed E-state index contributed by atoms with van der Waals surface area (Å²) in [6.07, 6.45) is 0. The Morgan fingerprint density at radius 2 is 2.12 bits per heavy atom. The molecule has 1 aromatic heterocycles. The normalized spacial score (nSPS) is 10.5. The Bertz CT molecular complexity index is 332. The van der Waals surface area contributed by atoms with Gasteiger partial charge in [0, 0.05) is 13.1 Å². The van der Waals surface area contributed by atoms with Gasteiger partial charge in [0.25, 0.3) is 0 Å². The Balaban J connectivity index is 2.59. The highest BCUT2D eigenvalue weighted by molar-refractivity contribution is 6.28. The van der Waals surface area contributed by atoms with E-state index in [9.17, 15) is 0 Å². The van der Waals surface area contributed by atoms with Crippen LogP contribution in [0.3, 0.4) is 0 Å². The van der Waals surface area contributed by atoms with E-state index in [-0.39, 0.29) is 17.8 Å². The highest BCUT2D eigenvalue weighted by Crippen LogP contribution is 2.11. The number of likely N-dealkylation sites (N-methyl/N-ethyl adjacent to an activating group) is 1. The zero-order valence-corrected chi connectivity index (χ0v) is 10.4. The standard InChI is InChI=1S/C9H16ClN5O2/c1-2-15(3-5-17-6-4-16)9-13-7(10)12-8(11)14-9/h16H,2-6H2,1H3,(H2,11,12,13,14). The molecule has 0 aromatic carbocycles. The van der Waals surface area contributed by atoms with Crippen molar-refractivity contribution in [3.05, 3.63) is 5.28 Å². The van der Waals surface area contributed by atoms with Crippen LogP contribution in [0.15, 0.2) is 0 Å². The lowest BCUT2D eigenvalue weighted by molar-refractivity contribution is 0.0966. The van der Waals surface area contributed by atoms with Gasteiger partial charge in [-0.3, -0.25) is 0 Å². The third-order valence-electron chi connectivity index (χ3n) is 2.02. The molecule has 0 bridgehead atoms. The number of aliphatic hydroxyl groups excluding tert-OH is 1. The van der Waals surface area contributed by atoms with Crippen LogP contribution in [-0.4, -0.2) is 53.0 Å². The van der Waals surface area contributed by atoms with Gasteiger partial charge >= 0.3 is 0 Å². The monoisotopic (exact) mass is 261 g/mol. The van der Waals surface area contributed by atoms with Crippen molar-refractivity contribution in [1.29, 1.82) is 0 Å². The lowest BCUT2D eigenvalue weighted by Gasteiger charge is -2.20. The number of nitrogens with zero attached hydrogens (tertiary/aromatic N) is 4. The molecule has 0 fully saturated rings. The largest absolute Gasteiger partial charge is 0.394 e. The van der Waals surface area contributed by atoms with E-state index in [1.165, 1.54) is 0 Å². The summed E-state index contributed by atoms with van der Waals surface area (Å²) in [5, 5.41) is 8.64. The third kappa shape index (κ3) is 4.68. The molecule has 0 aliphatic rings. The number of anilines is 2. The van der Waals surface area contributed by atoms with Gasteiger partial charge in [-0.1, -0.05) is 0 Å². The Morgan fingerprint density at radius 3 is 2.71 bits per heavy atom. The van der Waals surface area contributed by atoms with Gasteiger partial charge in [0.1, 0.15) is 0 Å². The number of rotatable bonds is 7. The zero-order chi connectivity index (χ0) is 12.7. The van der Waals surface area contributed by atoms with Gasteiger partial charge in [-0.05, 0) is 18.5 Å². The summed E-state index contributed by atoms with van der Waals surface area (Å²) in [7, 11) is 0. The molecule has 0 saturated carbocycles. The first-order valence-electron chi connectivity index (χ1n) is 5.28. The molecule has 1 aromatic rings. The molecule has 0 spiro atoms. The zero-order valence-electron chi connectivity index (χ0n) is 9.64. The van der Waals surface area contributed by atoms with Crippen molar-refractivity contribution in [2.45, 2.75) is 6.92 Å². The summed E-state index contributed by atoms with van der Waals surface area (Å²) in [6, 6.07) is 0. The molecule has 0 saturated heterocycles. The van der Waals surface area contributed by atoms with Crippen molar-refractivity contribution in [2.75, 3.05) is 43.5 Å².